The van der Waals surface area contributed by atoms with Crippen molar-refractivity contribution in [2.24, 2.45) is 0 Å². The first kappa shape index (κ1) is 14.9. The van der Waals surface area contributed by atoms with Crippen molar-refractivity contribution >= 4 is 6.03 Å². The van der Waals surface area contributed by atoms with Crippen LogP contribution in [-0.4, -0.2) is 35.2 Å². The fourth-order valence-electron chi connectivity index (χ4n) is 2.69. The molecule has 2 rings (SSSR count). The first-order valence-corrected chi connectivity index (χ1v) is 7.50. The zero-order chi connectivity index (χ0) is 14.2. The minimum Gasteiger partial charge on any atom is -0.395 e. The van der Waals surface area contributed by atoms with Crippen LogP contribution in [0, 0.1) is 0 Å². The summed E-state index contributed by atoms with van der Waals surface area (Å²) in [6, 6.07) is 10.1. The first-order chi connectivity index (χ1) is 9.79. The lowest BCUT2D eigenvalue weighted by Crippen LogP contribution is -2.46. The summed E-state index contributed by atoms with van der Waals surface area (Å²) in [5.41, 5.74) is 1.08. The van der Waals surface area contributed by atoms with E-state index in [4.69, 9.17) is 5.11 Å². The molecule has 0 spiro atoms. The fourth-order valence-corrected chi connectivity index (χ4v) is 2.69. The SMILES string of the molecule is O=C(NC1CCCCC1)N(CCO)Cc1ccccc1. The molecular formula is C16H24N2O2. The summed E-state index contributed by atoms with van der Waals surface area (Å²) in [5.74, 6) is 0. The van der Waals surface area contributed by atoms with Gasteiger partial charge in [0.2, 0.25) is 0 Å². The highest BCUT2D eigenvalue weighted by Gasteiger charge is 2.19. The molecule has 1 saturated carbocycles. The number of carbonyl (C=O) groups excluding carboxylic acids is 1. The number of aliphatic hydroxyl groups is 1. The summed E-state index contributed by atoms with van der Waals surface area (Å²) in [6.07, 6.45) is 5.82. The second-order valence-corrected chi connectivity index (χ2v) is 5.42. The van der Waals surface area contributed by atoms with Crippen LogP contribution in [0.4, 0.5) is 4.79 Å². The van der Waals surface area contributed by atoms with Gasteiger partial charge in [-0.3, -0.25) is 0 Å². The molecular weight excluding hydrogens is 252 g/mol. The van der Waals surface area contributed by atoms with Gasteiger partial charge in [-0.1, -0.05) is 49.6 Å². The summed E-state index contributed by atoms with van der Waals surface area (Å²) >= 11 is 0. The summed E-state index contributed by atoms with van der Waals surface area (Å²) in [6.45, 7) is 0.901. The number of urea groups is 1. The average Bonchev–Trinajstić information content (AvgIpc) is 2.49. The molecule has 2 amide bonds. The van der Waals surface area contributed by atoms with Crippen molar-refractivity contribution in [1.29, 1.82) is 0 Å². The molecule has 0 radical (unpaired) electrons. The second kappa shape index (κ2) is 7.90. The number of nitrogens with one attached hydrogen (secondary N) is 1. The third-order valence-corrected chi connectivity index (χ3v) is 3.81. The van der Waals surface area contributed by atoms with E-state index >= 15 is 0 Å². The smallest absolute Gasteiger partial charge is 0.317 e. The number of carbonyl (C=O) groups is 1. The van der Waals surface area contributed by atoms with Crippen LogP contribution in [0.1, 0.15) is 37.7 Å². The molecule has 0 aliphatic heterocycles. The molecule has 0 bridgehead atoms. The van der Waals surface area contributed by atoms with Gasteiger partial charge in [0, 0.05) is 19.1 Å². The van der Waals surface area contributed by atoms with Gasteiger partial charge >= 0.3 is 6.03 Å². The van der Waals surface area contributed by atoms with E-state index in [1.54, 1.807) is 4.90 Å². The van der Waals surface area contributed by atoms with Gasteiger partial charge in [-0.15, -0.1) is 0 Å². The van der Waals surface area contributed by atoms with Crippen LogP contribution in [0.15, 0.2) is 30.3 Å². The van der Waals surface area contributed by atoms with Crippen molar-refractivity contribution in [2.45, 2.75) is 44.7 Å². The lowest BCUT2D eigenvalue weighted by molar-refractivity contribution is 0.168. The van der Waals surface area contributed by atoms with Gasteiger partial charge in [-0.2, -0.15) is 0 Å². The van der Waals surface area contributed by atoms with Crippen LogP contribution < -0.4 is 5.32 Å². The lowest BCUT2D eigenvalue weighted by atomic mass is 9.96. The maximum Gasteiger partial charge on any atom is 0.317 e. The Morgan fingerprint density at radius 1 is 1.20 bits per heavy atom. The van der Waals surface area contributed by atoms with E-state index in [0.717, 1.165) is 18.4 Å². The zero-order valence-corrected chi connectivity index (χ0v) is 11.9. The van der Waals surface area contributed by atoms with Crippen molar-refractivity contribution in [3.63, 3.8) is 0 Å². The summed E-state index contributed by atoms with van der Waals surface area (Å²) < 4.78 is 0. The summed E-state index contributed by atoms with van der Waals surface area (Å²) in [5, 5.41) is 12.2. The highest BCUT2D eigenvalue weighted by molar-refractivity contribution is 5.74. The van der Waals surface area contributed by atoms with Crippen molar-refractivity contribution in [1.82, 2.24) is 10.2 Å². The second-order valence-electron chi connectivity index (χ2n) is 5.42. The third-order valence-electron chi connectivity index (χ3n) is 3.81. The average molecular weight is 276 g/mol. The van der Waals surface area contributed by atoms with Crippen molar-refractivity contribution < 1.29 is 9.90 Å². The predicted octanol–water partition coefficient (Wildman–Crippen LogP) is 2.52. The van der Waals surface area contributed by atoms with Gasteiger partial charge in [0.15, 0.2) is 0 Å². The minimum absolute atomic E-state index is 0.00901. The number of benzene rings is 1. The molecule has 110 valence electrons. The molecule has 1 aromatic rings. The molecule has 0 heterocycles. The normalized spacial score (nSPS) is 15.8. The molecule has 1 fully saturated rings. The topological polar surface area (TPSA) is 52.6 Å². The van der Waals surface area contributed by atoms with Crippen LogP contribution in [0.5, 0.6) is 0 Å². The van der Waals surface area contributed by atoms with E-state index in [1.807, 2.05) is 30.3 Å². The largest absolute Gasteiger partial charge is 0.395 e. The Morgan fingerprint density at radius 2 is 1.90 bits per heavy atom. The van der Waals surface area contributed by atoms with Gasteiger partial charge in [-0.25, -0.2) is 4.79 Å². The molecule has 0 unspecified atom stereocenters. The van der Waals surface area contributed by atoms with E-state index in [0.29, 0.717) is 19.1 Å². The third kappa shape index (κ3) is 4.53. The van der Waals surface area contributed by atoms with Crippen LogP contribution in [0.3, 0.4) is 0 Å². The fraction of sp³-hybridized carbons (Fsp3) is 0.562. The highest BCUT2D eigenvalue weighted by atomic mass is 16.3. The quantitative estimate of drug-likeness (QED) is 0.868. The first-order valence-electron chi connectivity index (χ1n) is 7.50. The van der Waals surface area contributed by atoms with Crippen LogP contribution in [0.25, 0.3) is 0 Å². The Kier molecular flexibility index (Phi) is 5.87. The van der Waals surface area contributed by atoms with Gasteiger partial charge in [0.05, 0.1) is 6.61 Å². The molecule has 2 N–H and O–H groups in total. The molecule has 4 heteroatoms. The summed E-state index contributed by atoms with van der Waals surface area (Å²) in [7, 11) is 0. The van der Waals surface area contributed by atoms with E-state index in [-0.39, 0.29) is 12.6 Å². The Labute approximate surface area is 120 Å². The molecule has 1 aromatic carbocycles. The van der Waals surface area contributed by atoms with Crippen LogP contribution in [0.2, 0.25) is 0 Å². The van der Waals surface area contributed by atoms with E-state index in [9.17, 15) is 4.79 Å². The Morgan fingerprint density at radius 3 is 2.55 bits per heavy atom. The van der Waals surface area contributed by atoms with E-state index in [1.165, 1.54) is 19.3 Å². The van der Waals surface area contributed by atoms with Crippen LogP contribution in [-0.2, 0) is 6.54 Å². The highest BCUT2D eigenvalue weighted by Crippen LogP contribution is 2.17. The Balaban J connectivity index is 1.91. The van der Waals surface area contributed by atoms with Crippen LogP contribution >= 0.6 is 0 Å². The monoisotopic (exact) mass is 276 g/mol. The summed E-state index contributed by atoms with van der Waals surface area (Å²) in [4.78, 5) is 14.0. The van der Waals surface area contributed by atoms with Gasteiger partial charge in [0.25, 0.3) is 0 Å². The molecule has 1 aliphatic rings. The number of aliphatic hydroxyl groups excluding tert-OH is 1. The molecule has 0 saturated heterocycles. The van der Waals surface area contributed by atoms with Crippen molar-refractivity contribution in [3.8, 4) is 0 Å². The van der Waals surface area contributed by atoms with Crippen molar-refractivity contribution in [3.05, 3.63) is 35.9 Å². The molecule has 20 heavy (non-hydrogen) atoms. The molecule has 0 aromatic heterocycles. The maximum absolute atomic E-state index is 12.3. The van der Waals surface area contributed by atoms with Gasteiger partial charge in [0.1, 0.15) is 0 Å². The number of rotatable bonds is 5. The molecule has 1 aliphatic carbocycles. The number of nitrogens with zero attached hydrogens (tertiary/aromatic N) is 1. The number of amides is 2. The van der Waals surface area contributed by atoms with E-state index in [2.05, 4.69) is 5.32 Å². The standard InChI is InChI=1S/C16H24N2O2/c19-12-11-18(13-14-7-3-1-4-8-14)16(20)17-15-9-5-2-6-10-15/h1,3-4,7-8,15,19H,2,5-6,9-13H2,(H,17,20). The van der Waals surface area contributed by atoms with Gasteiger partial charge in [-0.05, 0) is 18.4 Å². The minimum atomic E-state index is -0.0604. The predicted molar refractivity (Wildman–Crippen MR) is 79.3 cm³/mol. The maximum atomic E-state index is 12.3. The number of hydrogen-bond acceptors (Lipinski definition) is 2. The number of hydrogen-bond donors (Lipinski definition) is 2. The van der Waals surface area contributed by atoms with E-state index < -0.39 is 0 Å². The van der Waals surface area contributed by atoms with Gasteiger partial charge < -0.3 is 15.3 Å². The lowest BCUT2D eigenvalue weighted by Gasteiger charge is -2.28. The molecule has 0 atom stereocenters. The van der Waals surface area contributed by atoms with Crippen molar-refractivity contribution in [2.75, 3.05) is 13.2 Å². The Bertz CT molecular complexity index is 402. The zero-order valence-electron chi connectivity index (χ0n) is 11.9. The Hall–Kier alpha value is -1.55. The molecule has 4 nitrogen and oxygen atoms in total.